The highest BCUT2D eigenvalue weighted by Gasteiger charge is 2.15. The average Bonchev–Trinajstić information content (AvgIpc) is 2.03. The van der Waals surface area contributed by atoms with Crippen molar-refractivity contribution in [3.05, 3.63) is 22.8 Å². The predicted octanol–water partition coefficient (Wildman–Crippen LogP) is 2.27. The fraction of sp³-hybridized carbons (Fsp3) is 0.400. The highest BCUT2D eigenvalue weighted by Crippen LogP contribution is 2.25. The molecule has 0 heterocycles. The zero-order valence-corrected chi connectivity index (χ0v) is 7.55. The van der Waals surface area contributed by atoms with E-state index >= 15 is 0 Å². The van der Waals surface area contributed by atoms with Crippen molar-refractivity contribution >= 4 is 12.6 Å². The Morgan fingerprint density at radius 1 is 1.58 bits per heavy atom. The Morgan fingerprint density at radius 2 is 2.25 bits per heavy atom. The molecule has 1 aliphatic rings. The molecular formula is C10H13NO. The molecule has 0 bridgehead atoms. The van der Waals surface area contributed by atoms with Crippen LogP contribution >= 0.6 is 0 Å². The molecule has 0 saturated carbocycles. The highest BCUT2D eigenvalue weighted by molar-refractivity contribution is 6.01. The van der Waals surface area contributed by atoms with E-state index in [9.17, 15) is 4.79 Å². The summed E-state index contributed by atoms with van der Waals surface area (Å²) >= 11 is 0. The van der Waals surface area contributed by atoms with Crippen LogP contribution in [0.2, 0.25) is 0 Å². The van der Waals surface area contributed by atoms with Gasteiger partial charge >= 0.3 is 0 Å². The van der Waals surface area contributed by atoms with Crippen molar-refractivity contribution in [2.24, 2.45) is 4.99 Å². The van der Waals surface area contributed by atoms with Crippen LogP contribution in [0.1, 0.15) is 26.7 Å². The molecule has 2 heteroatoms. The van der Waals surface area contributed by atoms with E-state index in [0.717, 1.165) is 29.6 Å². The first-order chi connectivity index (χ1) is 5.66. The quantitative estimate of drug-likeness (QED) is 0.545. The number of amides is 1. The number of rotatable bonds is 1. The second-order valence-corrected chi connectivity index (χ2v) is 3.04. The molecule has 0 radical (unpaired) electrons. The molecule has 0 fully saturated rings. The average molecular weight is 163 g/mol. The molecule has 0 aromatic carbocycles. The minimum atomic E-state index is -0.194. The molecule has 64 valence electrons. The molecule has 0 unspecified atom stereocenters. The number of hydrogen-bond acceptors (Lipinski definition) is 1. The zero-order valence-electron chi connectivity index (χ0n) is 7.55. The molecule has 12 heavy (non-hydrogen) atoms. The normalized spacial score (nSPS) is 17.3. The Bertz CT molecular complexity index is 280. The molecule has 1 aliphatic carbocycles. The zero-order chi connectivity index (χ0) is 9.14. The van der Waals surface area contributed by atoms with Crippen LogP contribution in [0.25, 0.3) is 0 Å². The minimum absolute atomic E-state index is 0.194. The Balaban J connectivity index is 3.06. The van der Waals surface area contributed by atoms with Crippen molar-refractivity contribution in [1.29, 1.82) is 0 Å². The van der Waals surface area contributed by atoms with Gasteiger partial charge in [-0.15, -0.1) is 0 Å². The van der Waals surface area contributed by atoms with Gasteiger partial charge in [0.2, 0.25) is 0 Å². The van der Waals surface area contributed by atoms with E-state index in [-0.39, 0.29) is 5.91 Å². The lowest BCUT2D eigenvalue weighted by Crippen LogP contribution is -2.06. The summed E-state index contributed by atoms with van der Waals surface area (Å²) in [6.07, 6.45) is 4.07. The van der Waals surface area contributed by atoms with Crippen LogP contribution < -0.4 is 0 Å². The van der Waals surface area contributed by atoms with Gasteiger partial charge in [-0.3, -0.25) is 4.79 Å². The third kappa shape index (κ3) is 1.52. The molecule has 2 nitrogen and oxygen atoms in total. The molecule has 0 aromatic heterocycles. The molecule has 0 aliphatic heterocycles. The Hall–Kier alpha value is -1.18. The van der Waals surface area contributed by atoms with E-state index in [1.807, 2.05) is 13.8 Å². The van der Waals surface area contributed by atoms with Crippen molar-refractivity contribution < 1.29 is 4.79 Å². The summed E-state index contributed by atoms with van der Waals surface area (Å²) < 4.78 is 0. The number of allylic oxidation sites excluding steroid dienone is 2. The standard InChI is InChI=1S/C10H13NO/c1-7-5-4-6-8(2)9(7)10(12)11-3/h5H,3-4,6H2,1-2H3. The molecule has 0 spiro atoms. The predicted molar refractivity (Wildman–Crippen MR) is 50.2 cm³/mol. The van der Waals surface area contributed by atoms with Crippen molar-refractivity contribution in [2.45, 2.75) is 26.7 Å². The summed E-state index contributed by atoms with van der Waals surface area (Å²) in [6, 6.07) is 0. The van der Waals surface area contributed by atoms with Gasteiger partial charge < -0.3 is 0 Å². The van der Waals surface area contributed by atoms with Crippen molar-refractivity contribution in [1.82, 2.24) is 0 Å². The maximum atomic E-state index is 11.3. The van der Waals surface area contributed by atoms with Gasteiger partial charge in [0.1, 0.15) is 0 Å². The van der Waals surface area contributed by atoms with Gasteiger partial charge in [-0.05, 0) is 39.0 Å². The molecule has 1 rings (SSSR count). The number of carbonyl (C=O) groups excluding carboxylic acids is 1. The number of hydrogen-bond donors (Lipinski definition) is 0. The summed E-state index contributed by atoms with van der Waals surface area (Å²) in [5.74, 6) is -0.194. The fourth-order valence-electron chi connectivity index (χ4n) is 1.50. The number of nitrogens with zero attached hydrogens (tertiary/aromatic N) is 1. The smallest absolute Gasteiger partial charge is 0.267 e. The largest absolute Gasteiger partial charge is 0.276 e. The van der Waals surface area contributed by atoms with Crippen molar-refractivity contribution in [3.63, 3.8) is 0 Å². The van der Waals surface area contributed by atoms with Crippen LogP contribution in [0.5, 0.6) is 0 Å². The molecule has 0 atom stereocenters. The third-order valence-corrected chi connectivity index (χ3v) is 2.15. The molecule has 1 amide bonds. The van der Waals surface area contributed by atoms with Gasteiger partial charge in [-0.1, -0.05) is 11.6 Å². The van der Waals surface area contributed by atoms with Crippen LogP contribution in [0, 0.1) is 0 Å². The van der Waals surface area contributed by atoms with Crippen LogP contribution in [0.15, 0.2) is 27.8 Å². The van der Waals surface area contributed by atoms with Gasteiger partial charge in [-0.2, -0.15) is 0 Å². The molecule has 0 N–H and O–H groups in total. The lowest BCUT2D eigenvalue weighted by atomic mass is 9.92. The SMILES string of the molecule is C=NC(=O)C1=C(C)CCC=C1C. The van der Waals surface area contributed by atoms with E-state index < -0.39 is 0 Å². The van der Waals surface area contributed by atoms with Crippen LogP contribution in [0.3, 0.4) is 0 Å². The summed E-state index contributed by atoms with van der Waals surface area (Å²) in [4.78, 5) is 14.7. The Kier molecular flexibility index (Phi) is 2.58. The van der Waals surface area contributed by atoms with Crippen LogP contribution in [0.4, 0.5) is 0 Å². The molecule has 0 saturated heterocycles. The summed E-state index contributed by atoms with van der Waals surface area (Å²) in [7, 11) is 0. The Labute approximate surface area is 72.7 Å². The maximum Gasteiger partial charge on any atom is 0.276 e. The van der Waals surface area contributed by atoms with E-state index in [4.69, 9.17) is 0 Å². The van der Waals surface area contributed by atoms with Crippen molar-refractivity contribution in [3.8, 4) is 0 Å². The Morgan fingerprint density at radius 3 is 2.75 bits per heavy atom. The lowest BCUT2D eigenvalue weighted by Gasteiger charge is -2.13. The van der Waals surface area contributed by atoms with Crippen molar-refractivity contribution in [2.75, 3.05) is 0 Å². The van der Waals surface area contributed by atoms with Gasteiger partial charge in [0.25, 0.3) is 5.91 Å². The molecular weight excluding hydrogens is 150 g/mol. The van der Waals surface area contributed by atoms with Gasteiger partial charge in [0.05, 0.1) is 0 Å². The van der Waals surface area contributed by atoms with Gasteiger partial charge in [0, 0.05) is 5.57 Å². The van der Waals surface area contributed by atoms with E-state index in [1.54, 1.807) is 0 Å². The van der Waals surface area contributed by atoms with Crippen LogP contribution in [-0.2, 0) is 4.79 Å². The van der Waals surface area contributed by atoms with Gasteiger partial charge in [0.15, 0.2) is 0 Å². The maximum absolute atomic E-state index is 11.3. The highest BCUT2D eigenvalue weighted by atomic mass is 16.1. The van der Waals surface area contributed by atoms with E-state index in [2.05, 4.69) is 17.8 Å². The number of aliphatic imine (C=N–C) groups is 1. The summed E-state index contributed by atoms with van der Waals surface area (Å²) in [5.41, 5.74) is 2.93. The van der Waals surface area contributed by atoms with E-state index in [0.29, 0.717) is 0 Å². The van der Waals surface area contributed by atoms with Crippen LogP contribution in [-0.4, -0.2) is 12.6 Å². The first-order valence-electron chi connectivity index (χ1n) is 4.04. The summed E-state index contributed by atoms with van der Waals surface area (Å²) in [6.45, 7) is 7.17. The summed E-state index contributed by atoms with van der Waals surface area (Å²) in [5, 5.41) is 0. The first-order valence-corrected chi connectivity index (χ1v) is 4.04. The number of carbonyl (C=O) groups is 1. The topological polar surface area (TPSA) is 29.4 Å². The second kappa shape index (κ2) is 3.48. The lowest BCUT2D eigenvalue weighted by molar-refractivity contribution is -0.114. The first kappa shape index (κ1) is 8.91. The van der Waals surface area contributed by atoms with E-state index in [1.165, 1.54) is 0 Å². The molecule has 0 aromatic rings. The second-order valence-electron chi connectivity index (χ2n) is 3.04. The monoisotopic (exact) mass is 163 g/mol. The minimum Gasteiger partial charge on any atom is -0.267 e. The van der Waals surface area contributed by atoms with Gasteiger partial charge in [-0.25, -0.2) is 4.99 Å². The third-order valence-electron chi connectivity index (χ3n) is 2.15. The fourth-order valence-corrected chi connectivity index (χ4v) is 1.50.